The molecule has 3 aromatic rings. The van der Waals surface area contributed by atoms with Gasteiger partial charge in [0, 0.05) is 24.0 Å². The van der Waals surface area contributed by atoms with Crippen LogP contribution in [-0.2, 0) is 11.0 Å². The van der Waals surface area contributed by atoms with E-state index in [-0.39, 0.29) is 11.6 Å². The third kappa shape index (κ3) is 5.59. The van der Waals surface area contributed by atoms with E-state index in [1.165, 1.54) is 13.1 Å². The molecular formula is C23H19ClF3N3O2. The van der Waals surface area contributed by atoms with Gasteiger partial charge in [0.25, 0.3) is 11.8 Å². The van der Waals surface area contributed by atoms with Crippen LogP contribution in [0.25, 0.3) is 0 Å². The van der Waals surface area contributed by atoms with Gasteiger partial charge in [-0.25, -0.2) is 0 Å². The Morgan fingerprint density at radius 3 is 2.12 bits per heavy atom. The van der Waals surface area contributed by atoms with E-state index in [2.05, 4.69) is 16.0 Å². The summed E-state index contributed by atoms with van der Waals surface area (Å²) in [5.74, 6) is -0.820. The quantitative estimate of drug-likeness (QED) is 0.453. The minimum absolute atomic E-state index is 0.0376. The molecule has 166 valence electrons. The van der Waals surface area contributed by atoms with Crippen LogP contribution in [0.1, 0.15) is 27.5 Å². The van der Waals surface area contributed by atoms with Crippen LogP contribution in [-0.4, -0.2) is 18.9 Å². The summed E-state index contributed by atoms with van der Waals surface area (Å²) in [6.45, 7) is 0. The average Bonchev–Trinajstić information content (AvgIpc) is 2.78. The molecular weight excluding hydrogens is 443 g/mol. The lowest BCUT2D eigenvalue weighted by Crippen LogP contribution is -2.27. The van der Waals surface area contributed by atoms with Gasteiger partial charge in [-0.1, -0.05) is 41.9 Å². The van der Waals surface area contributed by atoms with Crippen LogP contribution >= 0.6 is 11.6 Å². The summed E-state index contributed by atoms with van der Waals surface area (Å²) in [5.41, 5.74) is 0.522. The lowest BCUT2D eigenvalue weighted by atomic mass is 10.0. The number of amides is 2. The van der Waals surface area contributed by atoms with E-state index in [1.807, 2.05) is 0 Å². The van der Waals surface area contributed by atoms with Gasteiger partial charge in [0.15, 0.2) is 0 Å². The molecule has 2 amide bonds. The maximum atomic E-state index is 13.2. The van der Waals surface area contributed by atoms with Gasteiger partial charge in [-0.15, -0.1) is 0 Å². The first kappa shape index (κ1) is 23.1. The summed E-state index contributed by atoms with van der Waals surface area (Å²) in [5, 5.41) is 7.64. The highest BCUT2D eigenvalue weighted by molar-refractivity contribution is 6.31. The highest BCUT2D eigenvalue weighted by Gasteiger charge is 2.33. The van der Waals surface area contributed by atoms with Crippen molar-refractivity contribution in [2.45, 2.75) is 12.2 Å². The SMILES string of the molecule is CNC(=O)c1ccc(N[C@@H](C(=O)Nc2ccc(Cl)c(C(F)(F)F)c2)c2ccccc2)cc1. The van der Waals surface area contributed by atoms with Gasteiger partial charge in [-0.05, 0) is 48.0 Å². The Balaban J connectivity index is 1.87. The number of benzene rings is 3. The first-order chi connectivity index (χ1) is 15.2. The van der Waals surface area contributed by atoms with Crippen molar-refractivity contribution in [1.82, 2.24) is 5.32 Å². The molecule has 3 rings (SSSR count). The Morgan fingerprint density at radius 2 is 1.53 bits per heavy atom. The number of anilines is 2. The molecule has 5 nitrogen and oxygen atoms in total. The fourth-order valence-electron chi connectivity index (χ4n) is 3.01. The summed E-state index contributed by atoms with van der Waals surface area (Å²) >= 11 is 5.66. The number of halogens is 4. The third-order valence-corrected chi connectivity index (χ3v) is 4.95. The Labute approximate surface area is 187 Å². The molecule has 0 fully saturated rings. The smallest absolute Gasteiger partial charge is 0.370 e. The van der Waals surface area contributed by atoms with Gasteiger partial charge in [-0.3, -0.25) is 9.59 Å². The minimum Gasteiger partial charge on any atom is -0.370 e. The molecule has 32 heavy (non-hydrogen) atoms. The van der Waals surface area contributed by atoms with Crippen molar-refractivity contribution in [2.24, 2.45) is 0 Å². The van der Waals surface area contributed by atoms with Crippen LogP contribution < -0.4 is 16.0 Å². The Morgan fingerprint density at radius 1 is 0.906 bits per heavy atom. The first-order valence-corrected chi connectivity index (χ1v) is 9.88. The zero-order chi connectivity index (χ0) is 23.3. The fourth-order valence-corrected chi connectivity index (χ4v) is 3.23. The van der Waals surface area contributed by atoms with Crippen LogP contribution in [0.5, 0.6) is 0 Å². The number of carbonyl (C=O) groups is 2. The second-order valence-corrected chi connectivity index (χ2v) is 7.23. The number of rotatable bonds is 6. The van der Waals surface area contributed by atoms with Crippen LogP contribution in [0.15, 0.2) is 72.8 Å². The largest absolute Gasteiger partial charge is 0.417 e. The molecule has 0 heterocycles. The van der Waals surface area contributed by atoms with Gasteiger partial charge in [0.1, 0.15) is 6.04 Å². The zero-order valence-corrected chi connectivity index (χ0v) is 17.6. The van der Waals surface area contributed by atoms with Crippen LogP contribution in [0.3, 0.4) is 0 Å². The third-order valence-electron chi connectivity index (χ3n) is 4.62. The molecule has 0 bridgehead atoms. The predicted molar refractivity (Wildman–Crippen MR) is 118 cm³/mol. The molecule has 0 aliphatic heterocycles. The monoisotopic (exact) mass is 461 g/mol. The molecule has 0 aliphatic carbocycles. The Hall–Kier alpha value is -3.52. The van der Waals surface area contributed by atoms with Crippen LogP contribution in [0.2, 0.25) is 5.02 Å². The van der Waals surface area contributed by atoms with Gasteiger partial charge >= 0.3 is 6.18 Å². The summed E-state index contributed by atoms with van der Waals surface area (Å²) < 4.78 is 39.5. The number of carbonyl (C=O) groups excluding carboxylic acids is 2. The predicted octanol–water partition coefficient (Wildman–Crippen LogP) is 5.51. The lowest BCUT2D eigenvalue weighted by molar-refractivity contribution is -0.137. The van der Waals surface area contributed by atoms with Crippen molar-refractivity contribution in [2.75, 3.05) is 17.7 Å². The molecule has 0 aliphatic rings. The van der Waals surface area contributed by atoms with E-state index in [0.29, 0.717) is 16.8 Å². The zero-order valence-electron chi connectivity index (χ0n) is 16.8. The molecule has 0 saturated heterocycles. The molecule has 0 spiro atoms. The van der Waals surface area contributed by atoms with Crippen molar-refractivity contribution in [1.29, 1.82) is 0 Å². The van der Waals surface area contributed by atoms with E-state index < -0.39 is 28.7 Å². The highest BCUT2D eigenvalue weighted by Crippen LogP contribution is 2.36. The van der Waals surface area contributed by atoms with E-state index in [9.17, 15) is 22.8 Å². The van der Waals surface area contributed by atoms with Crippen molar-refractivity contribution >= 4 is 34.8 Å². The van der Waals surface area contributed by atoms with Crippen molar-refractivity contribution < 1.29 is 22.8 Å². The Kier molecular flexibility index (Phi) is 7.05. The topological polar surface area (TPSA) is 70.2 Å². The minimum atomic E-state index is -4.65. The standard InChI is InChI=1S/C23H19ClF3N3O2/c1-28-21(31)15-7-9-16(10-8-15)29-20(14-5-3-2-4-6-14)22(32)30-17-11-12-19(24)18(13-17)23(25,26)27/h2-13,20,29H,1H3,(H,28,31)(H,30,32)/t20-/m1/s1. The van der Waals surface area contributed by atoms with Crippen LogP contribution in [0, 0.1) is 0 Å². The second-order valence-electron chi connectivity index (χ2n) is 6.83. The molecule has 0 aromatic heterocycles. The van der Waals surface area contributed by atoms with E-state index >= 15 is 0 Å². The summed E-state index contributed by atoms with van der Waals surface area (Å²) in [6.07, 6.45) is -4.65. The molecule has 3 N–H and O–H groups in total. The molecule has 0 unspecified atom stereocenters. The fraction of sp³-hybridized carbons (Fsp3) is 0.130. The number of alkyl halides is 3. The first-order valence-electron chi connectivity index (χ1n) is 9.50. The average molecular weight is 462 g/mol. The maximum Gasteiger partial charge on any atom is 0.417 e. The molecule has 1 atom stereocenters. The summed E-state index contributed by atoms with van der Waals surface area (Å²) in [6, 6.07) is 17.4. The van der Waals surface area contributed by atoms with E-state index in [1.54, 1.807) is 54.6 Å². The normalized spacial score (nSPS) is 12.0. The maximum absolute atomic E-state index is 13.2. The van der Waals surface area contributed by atoms with Gasteiger partial charge in [-0.2, -0.15) is 13.2 Å². The van der Waals surface area contributed by atoms with Crippen molar-refractivity contribution in [3.8, 4) is 0 Å². The molecule has 0 radical (unpaired) electrons. The van der Waals surface area contributed by atoms with Gasteiger partial charge in [0.05, 0.1) is 10.6 Å². The molecule has 0 saturated carbocycles. The second kappa shape index (κ2) is 9.74. The van der Waals surface area contributed by atoms with Gasteiger partial charge in [0.2, 0.25) is 0 Å². The number of nitrogens with one attached hydrogen (secondary N) is 3. The molecule has 9 heteroatoms. The summed E-state index contributed by atoms with van der Waals surface area (Å²) in [7, 11) is 1.52. The van der Waals surface area contributed by atoms with E-state index in [0.717, 1.165) is 12.1 Å². The number of hydrogen-bond acceptors (Lipinski definition) is 3. The van der Waals surface area contributed by atoms with Crippen molar-refractivity contribution in [3.05, 3.63) is 94.5 Å². The highest BCUT2D eigenvalue weighted by atomic mass is 35.5. The summed E-state index contributed by atoms with van der Waals surface area (Å²) in [4.78, 5) is 24.7. The van der Waals surface area contributed by atoms with Crippen LogP contribution in [0.4, 0.5) is 24.5 Å². The van der Waals surface area contributed by atoms with E-state index in [4.69, 9.17) is 11.6 Å². The number of hydrogen-bond donors (Lipinski definition) is 3. The van der Waals surface area contributed by atoms with Gasteiger partial charge < -0.3 is 16.0 Å². The Bertz CT molecular complexity index is 1100. The lowest BCUT2D eigenvalue weighted by Gasteiger charge is -2.21. The van der Waals surface area contributed by atoms with Crippen molar-refractivity contribution in [3.63, 3.8) is 0 Å². The molecule has 3 aromatic carbocycles.